The van der Waals surface area contributed by atoms with Crippen LogP contribution in [0.2, 0.25) is 0 Å². The Morgan fingerprint density at radius 1 is 1.35 bits per heavy atom. The summed E-state index contributed by atoms with van der Waals surface area (Å²) in [5, 5.41) is 19.5. The number of allylic oxidation sites excluding steroid dienone is 1. The molecule has 0 aliphatic rings. The number of phenols is 1. The molecule has 1 aromatic heterocycles. The highest BCUT2D eigenvalue weighted by molar-refractivity contribution is 9.10. The highest BCUT2D eigenvalue weighted by Crippen LogP contribution is 2.37. The molecule has 0 atom stereocenters. The number of benzene rings is 2. The van der Waals surface area contributed by atoms with E-state index in [0.717, 1.165) is 11.0 Å². The normalized spacial score (nSPS) is 11.4. The molecule has 0 aliphatic carbocycles. The molecule has 0 bridgehead atoms. The van der Waals surface area contributed by atoms with E-state index in [1.54, 1.807) is 18.2 Å². The summed E-state index contributed by atoms with van der Waals surface area (Å²) in [4.78, 5) is 7.54. The summed E-state index contributed by atoms with van der Waals surface area (Å²) in [6.07, 6.45) is 1.65. The van der Waals surface area contributed by atoms with E-state index in [1.807, 2.05) is 24.3 Å². The molecule has 0 radical (unpaired) electrons. The maximum Gasteiger partial charge on any atom is 0.172 e. The molecule has 5 nitrogen and oxygen atoms in total. The Labute approximate surface area is 141 Å². The van der Waals surface area contributed by atoms with Gasteiger partial charge in [0.15, 0.2) is 11.5 Å². The summed E-state index contributed by atoms with van der Waals surface area (Å²) in [6.45, 7) is 0. The predicted molar refractivity (Wildman–Crippen MR) is 91.9 cm³/mol. The zero-order valence-corrected chi connectivity index (χ0v) is 13.8. The Kier molecular flexibility index (Phi) is 4.04. The molecule has 1 heterocycles. The standard InChI is InChI=1S/C17H12BrN3O2/c1-23-14-7-6-10(15(18)16(14)22)8-11(9-19)17-20-12-4-2-3-5-13(12)21-17/h2-8,22H,1H3,(H,20,21)/b11-8-. The van der Waals surface area contributed by atoms with E-state index >= 15 is 0 Å². The monoisotopic (exact) mass is 369 g/mol. The Morgan fingerprint density at radius 3 is 2.83 bits per heavy atom. The van der Waals surface area contributed by atoms with Gasteiger partial charge in [0.1, 0.15) is 11.9 Å². The number of imidazole rings is 1. The van der Waals surface area contributed by atoms with Crippen molar-refractivity contribution in [1.82, 2.24) is 9.97 Å². The maximum atomic E-state index is 10.0. The molecule has 0 saturated heterocycles. The fourth-order valence-electron chi connectivity index (χ4n) is 2.23. The molecule has 3 rings (SSSR count). The number of ether oxygens (including phenoxy) is 1. The van der Waals surface area contributed by atoms with Gasteiger partial charge in [-0.3, -0.25) is 0 Å². The molecule has 3 aromatic rings. The average molecular weight is 370 g/mol. The first-order valence-corrected chi connectivity index (χ1v) is 7.55. The maximum absolute atomic E-state index is 10.0. The summed E-state index contributed by atoms with van der Waals surface area (Å²) in [5.41, 5.74) is 2.67. The van der Waals surface area contributed by atoms with Gasteiger partial charge in [0.05, 0.1) is 28.2 Å². The third kappa shape index (κ3) is 2.79. The Hall–Kier alpha value is -2.78. The van der Waals surface area contributed by atoms with E-state index in [2.05, 4.69) is 32.0 Å². The summed E-state index contributed by atoms with van der Waals surface area (Å²) in [5.74, 6) is 0.829. The molecule has 2 N–H and O–H groups in total. The molecule has 23 heavy (non-hydrogen) atoms. The van der Waals surface area contributed by atoms with Crippen LogP contribution in [-0.2, 0) is 0 Å². The molecular weight excluding hydrogens is 358 g/mol. The predicted octanol–water partition coefficient (Wildman–Crippen LogP) is 4.10. The van der Waals surface area contributed by atoms with Crippen LogP contribution in [0.15, 0.2) is 40.9 Å². The number of methoxy groups -OCH3 is 1. The van der Waals surface area contributed by atoms with E-state index < -0.39 is 0 Å². The molecule has 0 amide bonds. The van der Waals surface area contributed by atoms with Crippen LogP contribution < -0.4 is 4.74 Å². The van der Waals surface area contributed by atoms with Crippen LogP contribution in [0.25, 0.3) is 22.7 Å². The lowest BCUT2D eigenvalue weighted by Gasteiger charge is -2.07. The SMILES string of the molecule is COc1ccc(/C=C(/C#N)c2nc3ccccc3[nH]2)c(Br)c1O. The van der Waals surface area contributed by atoms with Crippen LogP contribution in [0.5, 0.6) is 11.5 Å². The average Bonchev–Trinajstić information content (AvgIpc) is 3.00. The first-order valence-electron chi connectivity index (χ1n) is 6.76. The number of phenolic OH excluding ortho intramolecular Hbond substituents is 1. The summed E-state index contributed by atoms with van der Waals surface area (Å²) >= 11 is 3.32. The van der Waals surface area contributed by atoms with Crippen LogP contribution >= 0.6 is 15.9 Å². The van der Waals surface area contributed by atoms with Crippen LogP contribution in [0.3, 0.4) is 0 Å². The van der Waals surface area contributed by atoms with Crippen molar-refractivity contribution in [3.8, 4) is 17.6 Å². The van der Waals surface area contributed by atoms with E-state index in [9.17, 15) is 10.4 Å². The number of hydrogen-bond acceptors (Lipinski definition) is 4. The Bertz CT molecular complexity index is 921. The lowest BCUT2D eigenvalue weighted by Crippen LogP contribution is -1.88. The minimum Gasteiger partial charge on any atom is -0.503 e. The largest absolute Gasteiger partial charge is 0.503 e. The molecule has 2 aromatic carbocycles. The first kappa shape index (κ1) is 15.1. The number of nitrogens with zero attached hydrogens (tertiary/aromatic N) is 2. The topological polar surface area (TPSA) is 81.9 Å². The second-order valence-electron chi connectivity index (χ2n) is 4.79. The van der Waals surface area contributed by atoms with Crippen molar-refractivity contribution in [3.05, 3.63) is 52.3 Å². The number of halogens is 1. The van der Waals surface area contributed by atoms with Gasteiger partial charge in [-0.2, -0.15) is 5.26 Å². The van der Waals surface area contributed by atoms with Crippen molar-refractivity contribution < 1.29 is 9.84 Å². The highest BCUT2D eigenvalue weighted by atomic mass is 79.9. The lowest BCUT2D eigenvalue weighted by atomic mass is 10.1. The summed E-state index contributed by atoms with van der Waals surface area (Å²) < 4.78 is 5.51. The number of fused-ring (bicyclic) bond motifs is 1. The van der Waals surface area contributed by atoms with Gasteiger partial charge in [0, 0.05) is 0 Å². The minimum atomic E-state index is -0.0110. The van der Waals surface area contributed by atoms with Gasteiger partial charge < -0.3 is 14.8 Å². The second kappa shape index (κ2) is 6.15. The molecule has 0 unspecified atom stereocenters. The fraction of sp³-hybridized carbons (Fsp3) is 0.0588. The third-order valence-corrected chi connectivity index (χ3v) is 4.23. The number of H-pyrrole nitrogens is 1. The molecule has 0 aliphatic heterocycles. The number of aromatic amines is 1. The number of nitrogens with one attached hydrogen (secondary N) is 1. The van der Waals surface area contributed by atoms with Gasteiger partial charge in [0.2, 0.25) is 0 Å². The number of nitriles is 1. The Morgan fingerprint density at radius 2 is 2.13 bits per heavy atom. The summed E-state index contributed by atoms with van der Waals surface area (Å²) in [7, 11) is 1.48. The van der Waals surface area contributed by atoms with Crippen LogP contribution in [0, 0.1) is 11.3 Å². The zero-order chi connectivity index (χ0) is 16.4. The fourth-order valence-corrected chi connectivity index (χ4v) is 2.67. The number of rotatable bonds is 3. The minimum absolute atomic E-state index is 0.0110. The van der Waals surface area contributed by atoms with Crippen molar-refractivity contribution in [2.24, 2.45) is 0 Å². The van der Waals surface area contributed by atoms with Crippen LogP contribution in [0.4, 0.5) is 0 Å². The number of aromatic hydroxyl groups is 1. The van der Waals surface area contributed by atoms with Crippen molar-refractivity contribution in [3.63, 3.8) is 0 Å². The van der Waals surface area contributed by atoms with E-state index in [1.165, 1.54) is 7.11 Å². The highest BCUT2D eigenvalue weighted by Gasteiger charge is 2.12. The van der Waals surface area contributed by atoms with Gasteiger partial charge in [0.25, 0.3) is 0 Å². The number of hydrogen-bond donors (Lipinski definition) is 2. The first-order chi connectivity index (χ1) is 11.1. The zero-order valence-electron chi connectivity index (χ0n) is 12.2. The van der Waals surface area contributed by atoms with Gasteiger partial charge in [-0.15, -0.1) is 0 Å². The van der Waals surface area contributed by atoms with E-state index in [0.29, 0.717) is 27.2 Å². The molecule has 114 valence electrons. The smallest absolute Gasteiger partial charge is 0.172 e. The molecule has 0 fully saturated rings. The number of aromatic nitrogens is 2. The molecule has 0 saturated carbocycles. The van der Waals surface area contributed by atoms with Crippen molar-refractivity contribution in [2.75, 3.05) is 7.11 Å². The third-order valence-electron chi connectivity index (χ3n) is 3.39. The quantitative estimate of drug-likeness (QED) is 0.680. The molecular formula is C17H12BrN3O2. The van der Waals surface area contributed by atoms with Crippen molar-refractivity contribution in [1.29, 1.82) is 5.26 Å². The van der Waals surface area contributed by atoms with Crippen molar-refractivity contribution in [2.45, 2.75) is 0 Å². The van der Waals surface area contributed by atoms with Gasteiger partial charge >= 0.3 is 0 Å². The van der Waals surface area contributed by atoms with Crippen molar-refractivity contribution >= 4 is 38.6 Å². The molecule has 0 spiro atoms. The lowest BCUT2D eigenvalue weighted by molar-refractivity contribution is 0.372. The Balaban J connectivity index is 2.09. The number of para-hydroxylation sites is 2. The van der Waals surface area contributed by atoms with Crippen LogP contribution in [0.1, 0.15) is 11.4 Å². The second-order valence-corrected chi connectivity index (χ2v) is 5.59. The summed E-state index contributed by atoms with van der Waals surface area (Å²) in [6, 6.07) is 13.1. The van der Waals surface area contributed by atoms with Gasteiger partial charge in [-0.1, -0.05) is 12.1 Å². The van der Waals surface area contributed by atoms with Gasteiger partial charge in [-0.25, -0.2) is 4.98 Å². The van der Waals surface area contributed by atoms with Crippen LogP contribution in [-0.4, -0.2) is 22.2 Å². The van der Waals surface area contributed by atoms with E-state index in [-0.39, 0.29) is 5.75 Å². The van der Waals surface area contributed by atoms with Gasteiger partial charge in [-0.05, 0) is 51.8 Å². The van der Waals surface area contributed by atoms with E-state index in [4.69, 9.17) is 4.74 Å². The molecule has 6 heteroatoms.